The molecule has 2 heterocycles. The molecule has 0 bridgehead atoms. The van der Waals surface area contributed by atoms with E-state index in [1.165, 1.54) is 5.56 Å². The van der Waals surface area contributed by atoms with Crippen molar-refractivity contribution in [2.75, 3.05) is 18.0 Å². The number of carbonyl (C=O) groups is 2. The van der Waals surface area contributed by atoms with Gasteiger partial charge in [-0.3, -0.25) is 9.69 Å². The Kier molecular flexibility index (Phi) is 5.31. The Labute approximate surface area is 178 Å². The fourth-order valence-corrected chi connectivity index (χ4v) is 4.41. The molecule has 2 aromatic carbocycles. The molecular formula is C25H29N2O3. The summed E-state index contributed by atoms with van der Waals surface area (Å²) in [4.78, 5) is 29.6. The summed E-state index contributed by atoms with van der Waals surface area (Å²) in [6.07, 6.45) is 1.86. The molecule has 0 aromatic heterocycles. The van der Waals surface area contributed by atoms with Gasteiger partial charge in [0.15, 0.2) is 0 Å². The van der Waals surface area contributed by atoms with Crippen molar-refractivity contribution < 1.29 is 14.3 Å². The first-order valence-corrected chi connectivity index (χ1v) is 10.6. The number of ether oxygens (including phenoxy) is 1. The van der Waals surface area contributed by atoms with E-state index in [-0.39, 0.29) is 5.91 Å². The van der Waals surface area contributed by atoms with Gasteiger partial charge in [0.1, 0.15) is 11.6 Å². The van der Waals surface area contributed by atoms with E-state index >= 15 is 0 Å². The zero-order valence-electron chi connectivity index (χ0n) is 18.0. The molecule has 0 aliphatic carbocycles. The second kappa shape index (κ2) is 7.78. The number of amides is 2. The number of rotatable bonds is 2. The van der Waals surface area contributed by atoms with E-state index in [2.05, 4.69) is 25.1 Å². The lowest BCUT2D eigenvalue weighted by molar-refractivity contribution is -0.122. The van der Waals surface area contributed by atoms with Crippen molar-refractivity contribution >= 4 is 17.7 Å². The quantitative estimate of drug-likeness (QED) is 0.719. The summed E-state index contributed by atoms with van der Waals surface area (Å²) in [7, 11) is 0. The van der Waals surface area contributed by atoms with Gasteiger partial charge in [0.05, 0.1) is 0 Å². The van der Waals surface area contributed by atoms with Gasteiger partial charge in [0.25, 0.3) is 0 Å². The van der Waals surface area contributed by atoms with E-state index in [1.54, 1.807) is 4.90 Å². The van der Waals surface area contributed by atoms with Crippen LogP contribution in [-0.4, -0.2) is 41.6 Å². The fraction of sp³-hybridized carbons (Fsp3) is 0.400. The van der Waals surface area contributed by atoms with Crippen molar-refractivity contribution in [2.24, 2.45) is 0 Å². The molecule has 2 amide bonds. The molecule has 1 fully saturated rings. The summed E-state index contributed by atoms with van der Waals surface area (Å²) in [6.45, 7) is 10.8. The smallest absolute Gasteiger partial charge is 0.410 e. The Morgan fingerprint density at radius 3 is 2.53 bits per heavy atom. The van der Waals surface area contributed by atoms with Gasteiger partial charge < -0.3 is 9.64 Å². The van der Waals surface area contributed by atoms with Crippen LogP contribution in [0.5, 0.6) is 0 Å². The molecule has 2 aromatic rings. The molecule has 2 aliphatic rings. The van der Waals surface area contributed by atoms with Crippen LogP contribution in [0.15, 0.2) is 42.5 Å². The van der Waals surface area contributed by atoms with Crippen molar-refractivity contribution in [3.05, 3.63) is 60.5 Å². The van der Waals surface area contributed by atoms with Crippen LogP contribution in [0.2, 0.25) is 0 Å². The standard InChI is InChI=1S/C25H29N2O3/c1-17-15-20(18-9-6-5-7-10-18)19-12-14-26(22(19)16-17)23(28)21-11-8-13-27(21)24(29)30-25(2,3)4/h5-7,9-10,15-16,21H,1,8,11-14H2,2-4H3/t21-/m0/s1. The molecule has 0 spiro atoms. The maximum atomic E-state index is 13.5. The van der Waals surface area contributed by atoms with Crippen molar-refractivity contribution in [1.29, 1.82) is 0 Å². The van der Waals surface area contributed by atoms with Crippen molar-refractivity contribution in [3.8, 4) is 11.1 Å². The summed E-state index contributed by atoms with van der Waals surface area (Å²) >= 11 is 0. The zero-order chi connectivity index (χ0) is 21.5. The van der Waals surface area contributed by atoms with Crippen LogP contribution < -0.4 is 4.90 Å². The van der Waals surface area contributed by atoms with Crippen LogP contribution in [0, 0.1) is 6.92 Å². The van der Waals surface area contributed by atoms with E-state index in [4.69, 9.17) is 4.74 Å². The molecule has 4 rings (SSSR count). The van der Waals surface area contributed by atoms with Crippen molar-refractivity contribution in [2.45, 2.75) is 51.7 Å². The predicted molar refractivity (Wildman–Crippen MR) is 118 cm³/mol. The van der Waals surface area contributed by atoms with E-state index in [0.29, 0.717) is 19.5 Å². The lowest BCUT2D eigenvalue weighted by atomic mass is 9.96. The third-order valence-electron chi connectivity index (χ3n) is 5.68. The van der Waals surface area contributed by atoms with Crippen LogP contribution in [0.3, 0.4) is 0 Å². The Hall–Kier alpha value is -2.82. The molecule has 0 saturated carbocycles. The molecule has 0 unspecified atom stereocenters. The van der Waals surface area contributed by atoms with Gasteiger partial charge in [-0.15, -0.1) is 0 Å². The van der Waals surface area contributed by atoms with E-state index in [9.17, 15) is 9.59 Å². The first kappa shape index (κ1) is 20.5. The minimum absolute atomic E-state index is 0.0262. The highest BCUT2D eigenvalue weighted by Gasteiger charge is 2.40. The van der Waals surface area contributed by atoms with Crippen LogP contribution in [0.25, 0.3) is 11.1 Å². The third-order valence-corrected chi connectivity index (χ3v) is 5.68. The summed E-state index contributed by atoms with van der Waals surface area (Å²) < 4.78 is 5.54. The lowest BCUT2D eigenvalue weighted by Crippen LogP contribution is -2.48. The highest BCUT2D eigenvalue weighted by atomic mass is 16.6. The average molecular weight is 406 g/mol. The van der Waals surface area contributed by atoms with Crippen LogP contribution in [0.4, 0.5) is 10.5 Å². The predicted octanol–water partition coefficient (Wildman–Crippen LogP) is 4.82. The summed E-state index contributed by atoms with van der Waals surface area (Å²) in [5, 5.41) is 0. The topological polar surface area (TPSA) is 49.9 Å². The normalized spacial score (nSPS) is 18.5. The van der Waals surface area contributed by atoms with Gasteiger partial charge in [-0.2, -0.15) is 0 Å². The molecule has 5 nitrogen and oxygen atoms in total. The highest BCUT2D eigenvalue weighted by molar-refractivity contribution is 6.01. The first-order chi connectivity index (χ1) is 14.2. The number of anilines is 1. The SMILES string of the molecule is [CH2]c1cc(-c2ccccc2)c2c(c1)N(C(=O)[C@@H]1CCCN1C(=O)OC(C)(C)C)CC2. The number of likely N-dealkylation sites (tertiary alicyclic amines) is 1. The maximum Gasteiger partial charge on any atom is 0.410 e. The van der Waals surface area contributed by atoms with Crippen LogP contribution in [-0.2, 0) is 16.0 Å². The maximum absolute atomic E-state index is 13.5. The summed E-state index contributed by atoms with van der Waals surface area (Å²) in [6, 6.07) is 13.8. The number of hydrogen-bond donors (Lipinski definition) is 0. The zero-order valence-corrected chi connectivity index (χ0v) is 18.0. The molecule has 1 radical (unpaired) electrons. The minimum atomic E-state index is -0.582. The van der Waals surface area contributed by atoms with Gasteiger partial charge in [-0.1, -0.05) is 36.4 Å². The molecule has 0 N–H and O–H groups in total. The van der Waals surface area contributed by atoms with Crippen LogP contribution in [0.1, 0.15) is 44.7 Å². The monoisotopic (exact) mass is 405 g/mol. The van der Waals surface area contributed by atoms with Gasteiger partial charge in [0.2, 0.25) is 5.91 Å². The van der Waals surface area contributed by atoms with E-state index in [0.717, 1.165) is 35.2 Å². The Morgan fingerprint density at radius 2 is 1.83 bits per heavy atom. The molecular weight excluding hydrogens is 376 g/mol. The summed E-state index contributed by atoms with van der Waals surface area (Å²) in [5.41, 5.74) is 4.64. The number of carbonyl (C=O) groups excluding carboxylic acids is 2. The molecule has 157 valence electrons. The summed E-state index contributed by atoms with van der Waals surface area (Å²) in [5.74, 6) is -0.0262. The first-order valence-electron chi connectivity index (χ1n) is 10.6. The average Bonchev–Trinajstić information content (AvgIpc) is 3.33. The fourth-order valence-electron chi connectivity index (χ4n) is 4.41. The van der Waals surface area contributed by atoms with Gasteiger partial charge in [-0.25, -0.2) is 4.79 Å². The lowest BCUT2D eigenvalue weighted by Gasteiger charge is -2.30. The Morgan fingerprint density at radius 1 is 1.10 bits per heavy atom. The number of benzene rings is 2. The molecule has 2 aliphatic heterocycles. The second-order valence-corrected chi connectivity index (χ2v) is 9.08. The molecule has 30 heavy (non-hydrogen) atoms. The largest absolute Gasteiger partial charge is 0.444 e. The van der Waals surface area contributed by atoms with Gasteiger partial charge in [0, 0.05) is 18.8 Å². The van der Waals surface area contributed by atoms with Gasteiger partial charge in [-0.05, 0) is 75.3 Å². The number of hydrogen-bond acceptors (Lipinski definition) is 3. The van der Waals surface area contributed by atoms with Gasteiger partial charge >= 0.3 is 6.09 Å². The third kappa shape index (κ3) is 3.93. The van der Waals surface area contributed by atoms with Crippen molar-refractivity contribution in [1.82, 2.24) is 4.90 Å². The molecule has 5 heteroatoms. The Balaban J connectivity index is 1.62. The molecule has 1 atom stereocenters. The van der Waals surface area contributed by atoms with E-state index < -0.39 is 17.7 Å². The van der Waals surface area contributed by atoms with Crippen molar-refractivity contribution in [3.63, 3.8) is 0 Å². The highest BCUT2D eigenvalue weighted by Crippen LogP contribution is 2.38. The van der Waals surface area contributed by atoms with E-state index in [1.807, 2.05) is 49.9 Å². The molecule has 1 saturated heterocycles. The minimum Gasteiger partial charge on any atom is -0.444 e. The number of fused-ring (bicyclic) bond motifs is 1. The number of nitrogens with zero attached hydrogens (tertiary/aromatic N) is 2. The Bertz CT molecular complexity index is 962. The second-order valence-electron chi connectivity index (χ2n) is 9.08. The van der Waals surface area contributed by atoms with Crippen LogP contribution >= 0.6 is 0 Å².